The lowest BCUT2D eigenvalue weighted by Crippen LogP contribution is -2.35. The van der Waals surface area contributed by atoms with Crippen molar-refractivity contribution in [2.45, 2.75) is 17.3 Å². The molecule has 0 spiro atoms. The average Bonchev–Trinajstić information content (AvgIpc) is 3.67. The molecule has 0 aromatic heterocycles. The number of aromatic hydroxyl groups is 2. The molecule has 50 heavy (non-hydrogen) atoms. The molecule has 2 atom stereocenters. The molecule has 0 bridgehead atoms. The van der Waals surface area contributed by atoms with E-state index in [1.807, 2.05) is 23.9 Å². The first-order valence-corrected chi connectivity index (χ1v) is 17.5. The molecule has 242 valence electrons. The van der Waals surface area contributed by atoms with E-state index in [0.29, 0.717) is 16.7 Å². The van der Waals surface area contributed by atoms with Gasteiger partial charge in [0.15, 0.2) is 5.60 Å². The highest BCUT2D eigenvalue weighted by Gasteiger charge is 2.51. The molecule has 0 saturated heterocycles. The number of phenolic OH excluding ortho intramolecular Hbond substituents is 2. The molecule has 2 aliphatic heterocycles. The minimum absolute atomic E-state index is 0.121. The molecule has 0 amide bonds. The Morgan fingerprint density at radius 3 is 1.90 bits per heavy atom. The van der Waals surface area contributed by atoms with E-state index in [4.69, 9.17) is 4.74 Å². The number of allylic oxidation sites excluding steroid dienone is 8. The molecule has 5 aromatic carbocycles. The van der Waals surface area contributed by atoms with Gasteiger partial charge in [-0.25, -0.2) is 4.79 Å². The number of esters is 1. The molecular formula is C45H32O4S. The first-order valence-electron chi connectivity index (χ1n) is 16.7. The molecule has 4 aliphatic rings. The molecule has 4 nitrogen and oxygen atoms in total. The van der Waals surface area contributed by atoms with E-state index in [2.05, 4.69) is 104 Å². The fraction of sp³-hybridized carbons (Fsp3) is 0.0889. The van der Waals surface area contributed by atoms with Crippen LogP contribution in [0.3, 0.4) is 0 Å². The second-order valence-electron chi connectivity index (χ2n) is 13.2. The number of carbonyl (C=O) groups excluding carboxylic acids is 1. The van der Waals surface area contributed by atoms with Crippen molar-refractivity contribution in [3.8, 4) is 11.5 Å². The van der Waals surface area contributed by atoms with Gasteiger partial charge in [-0.2, -0.15) is 0 Å². The fourth-order valence-electron chi connectivity index (χ4n) is 8.05. The van der Waals surface area contributed by atoms with Gasteiger partial charge in [-0.1, -0.05) is 121 Å². The molecule has 2 heterocycles. The number of cyclic esters (lactones) is 1. The number of phenols is 2. The minimum atomic E-state index is -1.24. The largest absolute Gasteiger partial charge is 0.508 e. The highest BCUT2D eigenvalue weighted by molar-refractivity contribution is 8.10. The van der Waals surface area contributed by atoms with Crippen LogP contribution < -0.4 is 0 Å². The molecule has 2 N–H and O–H groups in total. The van der Waals surface area contributed by atoms with Crippen molar-refractivity contribution in [2.75, 3.05) is 0 Å². The van der Waals surface area contributed by atoms with Gasteiger partial charge < -0.3 is 14.9 Å². The number of hydrogen-bond acceptors (Lipinski definition) is 5. The van der Waals surface area contributed by atoms with Crippen LogP contribution in [-0.4, -0.2) is 20.9 Å². The van der Waals surface area contributed by atoms with Gasteiger partial charge in [0.1, 0.15) is 11.5 Å². The molecule has 9 rings (SSSR count). The Balaban J connectivity index is 1.23. The summed E-state index contributed by atoms with van der Waals surface area (Å²) in [6.45, 7) is 2.34. The third-order valence-corrected chi connectivity index (χ3v) is 11.9. The Bertz CT molecular complexity index is 2300. The van der Waals surface area contributed by atoms with Gasteiger partial charge >= 0.3 is 5.97 Å². The number of thioether (sulfide) groups is 1. The molecular weight excluding hydrogens is 637 g/mol. The Morgan fingerprint density at radius 2 is 1.28 bits per heavy atom. The Labute approximate surface area is 295 Å². The second kappa shape index (κ2) is 11.4. The number of hydrogen-bond donors (Lipinski definition) is 2. The van der Waals surface area contributed by atoms with Crippen LogP contribution in [0.15, 0.2) is 169 Å². The summed E-state index contributed by atoms with van der Waals surface area (Å²) in [5.74, 6) is -0.0413. The molecule has 0 fully saturated rings. The average molecular weight is 669 g/mol. The predicted molar refractivity (Wildman–Crippen MR) is 200 cm³/mol. The summed E-state index contributed by atoms with van der Waals surface area (Å²) >= 11 is 1.85. The van der Waals surface area contributed by atoms with Crippen molar-refractivity contribution in [1.29, 1.82) is 0 Å². The number of benzene rings is 5. The van der Waals surface area contributed by atoms with E-state index in [9.17, 15) is 15.0 Å². The summed E-state index contributed by atoms with van der Waals surface area (Å²) in [5, 5.41) is 20.2. The van der Waals surface area contributed by atoms with Crippen molar-refractivity contribution in [1.82, 2.24) is 0 Å². The van der Waals surface area contributed by atoms with Gasteiger partial charge in [0, 0.05) is 27.5 Å². The Morgan fingerprint density at radius 1 is 0.680 bits per heavy atom. The van der Waals surface area contributed by atoms with Gasteiger partial charge in [0.2, 0.25) is 0 Å². The van der Waals surface area contributed by atoms with Crippen LogP contribution in [-0.2, 0) is 10.3 Å². The molecule has 0 radical (unpaired) electrons. The van der Waals surface area contributed by atoms with Crippen LogP contribution in [0.1, 0.15) is 50.7 Å². The van der Waals surface area contributed by atoms with Crippen molar-refractivity contribution in [3.05, 3.63) is 208 Å². The monoisotopic (exact) mass is 668 g/mol. The number of fused-ring (bicyclic) bond motifs is 4. The second-order valence-corrected chi connectivity index (χ2v) is 14.7. The quantitative estimate of drug-likeness (QED) is 0.183. The third-order valence-electron chi connectivity index (χ3n) is 10.4. The standard InChI is InChI=1S/C45H32O4S/c1-44-37-15-9-8-14-35(37)41(28-10-4-2-5-11-28)42(29-12-6-3-7-13-29)39(44)27-40(50-44)30-16-25-38-36(26-30)43(48)49-45(38,31-17-21-33(46)22-18-31)32-19-23-34(47)24-20-32/h2-27,37,46-47H,1H3. The highest BCUT2D eigenvalue weighted by atomic mass is 32.2. The zero-order valence-corrected chi connectivity index (χ0v) is 28.0. The maximum atomic E-state index is 13.9. The molecule has 2 aliphatic carbocycles. The smallest absolute Gasteiger partial charge is 0.340 e. The summed E-state index contributed by atoms with van der Waals surface area (Å²) in [6.07, 6.45) is 11.2. The van der Waals surface area contributed by atoms with E-state index in [0.717, 1.165) is 16.0 Å². The van der Waals surface area contributed by atoms with Gasteiger partial charge in [-0.3, -0.25) is 0 Å². The minimum Gasteiger partial charge on any atom is -0.508 e. The number of carbonyl (C=O) groups is 1. The normalized spacial score (nSPS) is 21.4. The van der Waals surface area contributed by atoms with Gasteiger partial charge in [0.05, 0.1) is 10.3 Å². The molecule has 2 unspecified atom stereocenters. The summed E-state index contributed by atoms with van der Waals surface area (Å²) in [6, 6.07) is 40.9. The van der Waals surface area contributed by atoms with Gasteiger partial charge in [-0.05, 0) is 82.3 Å². The molecule has 5 heteroatoms. The van der Waals surface area contributed by atoms with Crippen LogP contribution in [0.5, 0.6) is 11.5 Å². The molecule has 0 saturated carbocycles. The lowest BCUT2D eigenvalue weighted by molar-refractivity contribution is 0.0251. The van der Waals surface area contributed by atoms with Gasteiger partial charge in [0.25, 0.3) is 0 Å². The zero-order chi connectivity index (χ0) is 34.0. The van der Waals surface area contributed by atoms with Gasteiger partial charge in [-0.15, -0.1) is 11.8 Å². The van der Waals surface area contributed by atoms with Crippen LogP contribution >= 0.6 is 11.8 Å². The highest BCUT2D eigenvalue weighted by Crippen LogP contribution is 2.63. The zero-order valence-electron chi connectivity index (χ0n) is 27.2. The summed E-state index contributed by atoms with van der Waals surface area (Å²) in [7, 11) is 0. The predicted octanol–water partition coefficient (Wildman–Crippen LogP) is 10.1. The maximum absolute atomic E-state index is 13.9. The summed E-state index contributed by atoms with van der Waals surface area (Å²) in [5.41, 5.74) is 9.73. The Hall–Kier alpha value is -5.78. The summed E-state index contributed by atoms with van der Waals surface area (Å²) in [4.78, 5) is 15.0. The maximum Gasteiger partial charge on any atom is 0.340 e. The Kier molecular flexibility index (Phi) is 6.90. The lowest BCUT2D eigenvalue weighted by atomic mass is 9.67. The van der Waals surface area contributed by atoms with Crippen molar-refractivity contribution in [2.24, 2.45) is 5.92 Å². The topological polar surface area (TPSA) is 66.8 Å². The van der Waals surface area contributed by atoms with E-state index in [-0.39, 0.29) is 22.2 Å². The van der Waals surface area contributed by atoms with Crippen LogP contribution in [0.4, 0.5) is 0 Å². The van der Waals surface area contributed by atoms with Crippen LogP contribution in [0, 0.1) is 5.92 Å². The lowest BCUT2D eigenvalue weighted by Gasteiger charge is -2.42. The van der Waals surface area contributed by atoms with Crippen LogP contribution in [0.2, 0.25) is 0 Å². The van der Waals surface area contributed by atoms with Crippen LogP contribution in [0.25, 0.3) is 16.1 Å². The summed E-state index contributed by atoms with van der Waals surface area (Å²) < 4.78 is 6.06. The number of ether oxygens (including phenoxy) is 1. The third kappa shape index (κ3) is 4.50. The first kappa shape index (κ1) is 30.3. The fourth-order valence-corrected chi connectivity index (χ4v) is 9.53. The van der Waals surface area contributed by atoms with Crippen molar-refractivity contribution in [3.63, 3.8) is 0 Å². The molecule has 5 aromatic rings. The number of rotatable bonds is 5. The van der Waals surface area contributed by atoms with E-state index in [1.54, 1.807) is 48.5 Å². The van der Waals surface area contributed by atoms with E-state index in [1.165, 1.54) is 33.4 Å². The van der Waals surface area contributed by atoms with E-state index >= 15 is 0 Å². The van der Waals surface area contributed by atoms with Crippen molar-refractivity contribution >= 4 is 33.8 Å². The SMILES string of the molecule is CC12SC(c3ccc4c(c3)C(=O)OC4(c3ccc(O)cc3)c3ccc(O)cc3)=CC1=C(c1ccccc1)C(c1ccccc1)=C1C=CC=CC12. The first-order chi connectivity index (χ1) is 24.4. The van der Waals surface area contributed by atoms with E-state index < -0.39 is 11.6 Å². The van der Waals surface area contributed by atoms with Crippen molar-refractivity contribution < 1.29 is 19.7 Å².